The smallest absolute Gasteiger partial charge is 0.341 e. The van der Waals surface area contributed by atoms with Gasteiger partial charge in [-0.2, -0.15) is 0 Å². The zero-order valence-corrected chi connectivity index (χ0v) is 17.6. The van der Waals surface area contributed by atoms with Gasteiger partial charge in [0.15, 0.2) is 0 Å². The molecule has 1 N–H and O–H groups in total. The van der Waals surface area contributed by atoms with Crippen molar-refractivity contribution in [1.82, 2.24) is 4.90 Å². The molecule has 3 rings (SSSR count). The number of fused-ring (bicyclic) bond motifs is 1. The van der Waals surface area contributed by atoms with Crippen molar-refractivity contribution >= 4 is 28.2 Å². The van der Waals surface area contributed by atoms with Crippen LogP contribution in [0.1, 0.15) is 53.6 Å². The van der Waals surface area contributed by atoms with Gasteiger partial charge in [-0.25, -0.2) is 4.79 Å². The van der Waals surface area contributed by atoms with Crippen LogP contribution in [0.4, 0.5) is 5.00 Å². The van der Waals surface area contributed by atoms with Gasteiger partial charge < -0.3 is 10.1 Å². The third-order valence-corrected chi connectivity index (χ3v) is 6.16. The van der Waals surface area contributed by atoms with Gasteiger partial charge in [0.2, 0.25) is 5.91 Å². The number of hydrogen-bond acceptors (Lipinski definition) is 5. The molecule has 0 aliphatic carbocycles. The molecule has 0 fully saturated rings. The molecule has 0 spiro atoms. The molecule has 1 aliphatic rings. The van der Waals surface area contributed by atoms with Crippen LogP contribution in [-0.4, -0.2) is 36.0 Å². The van der Waals surface area contributed by atoms with Crippen molar-refractivity contribution in [3.8, 4) is 0 Å². The Kier molecular flexibility index (Phi) is 6.86. The molecule has 0 unspecified atom stereocenters. The largest absolute Gasteiger partial charge is 0.462 e. The molecule has 0 saturated carbocycles. The maximum Gasteiger partial charge on any atom is 0.341 e. The van der Waals surface area contributed by atoms with Gasteiger partial charge in [-0.1, -0.05) is 30.3 Å². The van der Waals surface area contributed by atoms with E-state index < -0.39 is 0 Å². The van der Waals surface area contributed by atoms with Crippen LogP contribution in [0.2, 0.25) is 0 Å². The van der Waals surface area contributed by atoms with Gasteiger partial charge in [-0.3, -0.25) is 9.69 Å². The molecular weight excluding hydrogens is 372 g/mol. The van der Waals surface area contributed by atoms with E-state index in [2.05, 4.69) is 24.1 Å². The van der Waals surface area contributed by atoms with Gasteiger partial charge >= 0.3 is 5.97 Å². The van der Waals surface area contributed by atoms with E-state index >= 15 is 0 Å². The first-order chi connectivity index (χ1) is 13.5. The van der Waals surface area contributed by atoms with Crippen molar-refractivity contribution < 1.29 is 14.3 Å². The first-order valence-corrected chi connectivity index (χ1v) is 10.7. The number of thiophene rings is 1. The van der Waals surface area contributed by atoms with Crippen LogP contribution in [0.5, 0.6) is 0 Å². The Bertz CT molecular complexity index is 830. The van der Waals surface area contributed by atoms with Crippen molar-refractivity contribution in [1.29, 1.82) is 0 Å². The number of rotatable bonds is 7. The quantitative estimate of drug-likeness (QED) is 0.706. The summed E-state index contributed by atoms with van der Waals surface area (Å²) in [6.45, 7) is 8.20. The number of carbonyl (C=O) groups excluding carboxylic acids is 2. The Morgan fingerprint density at radius 3 is 2.68 bits per heavy atom. The predicted molar refractivity (Wildman–Crippen MR) is 113 cm³/mol. The zero-order valence-electron chi connectivity index (χ0n) is 16.8. The van der Waals surface area contributed by atoms with E-state index in [1.165, 1.54) is 11.3 Å². The summed E-state index contributed by atoms with van der Waals surface area (Å²) in [4.78, 5) is 28.7. The Morgan fingerprint density at radius 1 is 1.25 bits per heavy atom. The molecule has 2 heterocycles. The summed E-state index contributed by atoms with van der Waals surface area (Å²) in [5.74, 6) is -0.412. The molecule has 28 heavy (non-hydrogen) atoms. The molecular formula is C22H28N2O3S. The predicted octanol–water partition coefficient (Wildman–Crippen LogP) is 4.26. The van der Waals surface area contributed by atoms with Gasteiger partial charge in [0, 0.05) is 30.4 Å². The molecule has 1 aromatic heterocycles. The summed E-state index contributed by atoms with van der Waals surface area (Å²) in [6, 6.07) is 10.4. The maximum atomic E-state index is 12.6. The average molecular weight is 401 g/mol. The second-order valence-corrected chi connectivity index (χ2v) is 8.38. The summed E-state index contributed by atoms with van der Waals surface area (Å²) in [7, 11) is 0. The van der Waals surface area contributed by atoms with E-state index in [1.807, 2.05) is 30.3 Å². The normalized spacial score (nSPS) is 14.0. The molecule has 2 aromatic rings. The van der Waals surface area contributed by atoms with E-state index in [4.69, 9.17) is 4.74 Å². The van der Waals surface area contributed by atoms with Gasteiger partial charge in [0.1, 0.15) is 5.00 Å². The molecule has 0 bridgehead atoms. The Balaban J connectivity index is 1.77. The lowest BCUT2D eigenvalue weighted by Gasteiger charge is -2.30. The topological polar surface area (TPSA) is 58.6 Å². The highest BCUT2D eigenvalue weighted by atomic mass is 32.1. The third-order valence-electron chi connectivity index (χ3n) is 5.03. The highest BCUT2D eigenvalue weighted by Crippen LogP contribution is 2.38. The van der Waals surface area contributed by atoms with Gasteiger partial charge in [-0.15, -0.1) is 11.3 Å². The van der Waals surface area contributed by atoms with Crippen LogP contribution < -0.4 is 5.32 Å². The second-order valence-electron chi connectivity index (χ2n) is 7.28. The van der Waals surface area contributed by atoms with Crippen LogP contribution in [0.25, 0.3) is 0 Å². The summed E-state index contributed by atoms with van der Waals surface area (Å²) in [5.41, 5.74) is 2.72. The summed E-state index contributed by atoms with van der Waals surface area (Å²) >= 11 is 1.51. The van der Waals surface area contributed by atoms with Crippen molar-refractivity contribution in [2.75, 3.05) is 18.5 Å². The van der Waals surface area contributed by atoms with Crippen LogP contribution in [-0.2, 0) is 28.9 Å². The van der Waals surface area contributed by atoms with Crippen molar-refractivity contribution in [3.05, 3.63) is 51.9 Å². The fourth-order valence-electron chi connectivity index (χ4n) is 3.46. The number of hydrogen-bond donors (Lipinski definition) is 1. The zero-order chi connectivity index (χ0) is 20.1. The SMILES string of the molecule is CCOC(=O)c1c(NC(=O)CCc2ccccc2)sc2c1CCN(C(C)C)C2. The monoisotopic (exact) mass is 400 g/mol. The number of anilines is 1. The number of nitrogens with zero attached hydrogens (tertiary/aromatic N) is 1. The number of nitrogens with one attached hydrogen (secondary N) is 1. The molecule has 6 heteroatoms. The Morgan fingerprint density at radius 2 is 2.00 bits per heavy atom. The second kappa shape index (κ2) is 9.34. The highest BCUT2D eigenvalue weighted by Gasteiger charge is 2.30. The minimum absolute atomic E-state index is 0.0753. The average Bonchev–Trinajstić information content (AvgIpc) is 3.04. The first kappa shape index (κ1) is 20.6. The molecule has 150 valence electrons. The van der Waals surface area contributed by atoms with Crippen LogP contribution in [0, 0.1) is 0 Å². The molecule has 1 amide bonds. The Labute approximate surface area is 170 Å². The standard InChI is InChI=1S/C22H28N2O3S/c1-4-27-22(26)20-17-12-13-24(15(2)3)14-18(17)28-21(20)23-19(25)11-10-16-8-6-5-7-9-16/h5-9,15H,4,10-14H2,1-3H3,(H,23,25). The van der Waals surface area contributed by atoms with E-state index in [0.29, 0.717) is 36.1 Å². The van der Waals surface area contributed by atoms with Gasteiger partial charge in [0.25, 0.3) is 0 Å². The highest BCUT2D eigenvalue weighted by molar-refractivity contribution is 7.17. The molecule has 5 nitrogen and oxygen atoms in total. The van der Waals surface area contributed by atoms with Crippen molar-refractivity contribution in [2.45, 2.75) is 52.6 Å². The van der Waals surface area contributed by atoms with Crippen LogP contribution in [0.3, 0.4) is 0 Å². The van der Waals surface area contributed by atoms with Crippen molar-refractivity contribution in [2.24, 2.45) is 0 Å². The fraction of sp³-hybridized carbons (Fsp3) is 0.455. The number of aryl methyl sites for hydroxylation is 1. The molecule has 0 radical (unpaired) electrons. The lowest BCUT2D eigenvalue weighted by Crippen LogP contribution is -2.35. The molecule has 0 saturated heterocycles. The Hall–Kier alpha value is -2.18. The first-order valence-electron chi connectivity index (χ1n) is 9.89. The summed E-state index contributed by atoms with van der Waals surface area (Å²) in [5, 5.41) is 3.61. The fourth-order valence-corrected chi connectivity index (χ4v) is 4.74. The molecule has 1 aliphatic heterocycles. The lowest BCUT2D eigenvalue weighted by molar-refractivity contribution is -0.116. The molecule has 0 atom stereocenters. The summed E-state index contributed by atoms with van der Waals surface area (Å²) in [6.07, 6.45) is 1.86. The number of carbonyl (C=O) groups is 2. The third kappa shape index (κ3) is 4.80. The van der Waals surface area contributed by atoms with E-state index in [9.17, 15) is 9.59 Å². The van der Waals surface area contributed by atoms with E-state index in [0.717, 1.165) is 35.5 Å². The van der Waals surface area contributed by atoms with Crippen LogP contribution in [0.15, 0.2) is 30.3 Å². The van der Waals surface area contributed by atoms with E-state index in [-0.39, 0.29) is 11.9 Å². The number of ether oxygens (including phenoxy) is 1. The number of amides is 1. The van der Waals surface area contributed by atoms with Gasteiger partial charge in [0.05, 0.1) is 12.2 Å². The lowest BCUT2D eigenvalue weighted by atomic mass is 10.0. The minimum Gasteiger partial charge on any atom is -0.462 e. The van der Waals surface area contributed by atoms with Crippen molar-refractivity contribution in [3.63, 3.8) is 0 Å². The molecule has 1 aromatic carbocycles. The van der Waals surface area contributed by atoms with E-state index in [1.54, 1.807) is 6.92 Å². The number of benzene rings is 1. The van der Waals surface area contributed by atoms with Gasteiger partial charge in [-0.05, 0) is 44.7 Å². The maximum absolute atomic E-state index is 12.6. The minimum atomic E-state index is -0.337. The summed E-state index contributed by atoms with van der Waals surface area (Å²) < 4.78 is 5.28. The number of esters is 1. The van der Waals surface area contributed by atoms with Crippen LogP contribution >= 0.6 is 11.3 Å².